The molecule has 1 atom stereocenters. The Balaban J connectivity index is 2.44. The van der Waals surface area contributed by atoms with E-state index in [-0.39, 0.29) is 23.5 Å². The van der Waals surface area contributed by atoms with Crippen LogP contribution in [-0.2, 0) is 11.0 Å². The third kappa shape index (κ3) is 2.36. The van der Waals surface area contributed by atoms with Crippen LogP contribution in [0.25, 0.3) is 0 Å². The molecule has 2 nitrogen and oxygen atoms in total. The quantitative estimate of drug-likeness (QED) is 0.573. The summed E-state index contributed by atoms with van der Waals surface area (Å²) in [5.41, 5.74) is -1.68. The lowest BCUT2D eigenvalue weighted by atomic mass is 10.1. The second-order valence-corrected chi connectivity index (χ2v) is 5.24. The van der Waals surface area contributed by atoms with Crippen molar-refractivity contribution < 1.29 is 22.4 Å². The highest BCUT2D eigenvalue weighted by Gasteiger charge is 2.37. The molecule has 18 heavy (non-hydrogen) atoms. The molecular formula is C11H8BrF4NO. The Bertz CT molecular complexity index is 488. The van der Waals surface area contributed by atoms with Gasteiger partial charge in [0, 0.05) is 17.8 Å². The maximum atomic E-state index is 13.8. The van der Waals surface area contributed by atoms with Crippen LogP contribution in [-0.4, -0.2) is 17.3 Å². The predicted octanol–water partition coefficient (Wildman–Crippen LogP) is 3.34. The van der Waals surface area contributed by atoms with Gasteiger partial charge in [0.05, 0.1) is 11.3 Å². The lowest BCUT2D eigenvalue weighted by molar-refractivity contribution is -0.140. The summed E-state index contributed by atoms with van der Waals surface area (Å²) in [4.78, 5) is 12.4. The van der Waals surface area contributed by atoms with Crippen molar-refractivity contribution in [3.05, 3.63) is 29.6 Å². The summed E-state index contributed by atoms with van der Waals surface area (Å²) in [6.45, 7) is 0.164. The molecule has 1 aliphatic rings. The van der Waals surface area contributed by atoms with Gasteiger partial charge in [0.1, 0.15) is 0 Å². The highest BCUT2D eigenvalue weighted by atomic mass is 79.9. The highest BCUT2D eigenvalue weighted by molar-refractivity contribution is 9.09. The molecule has 1 fully saturated rings. The maximum absolute atomic E-state index is 13.8. The molecule has 0 spiro atoms. The van der Waals surface area contributed by atoms with E-state index in [1.54, 1.807) is 0 Å². The van der Waals surface area contributed by atoms with Gasteiger partial charge in [0.15, 0.2) is 5.82 Å². The summed E-state index contributed by atoms with van der Waals surface area (Å²) in [7, 11) is 0. The molecule has 0 saturated carbocycles. The average molecular weight is 326 g/mol. The molecule has 1 saturated heterocycles. The Labute approximate surface area is 109 Å². The molecule has 7 heteroatoms. The maximum Gasteiger partial charge on any atom is 0.419 e. The van der Waals surface area contributed by atoms with Crippen LogP contribution in [0, 0.1) is 5.82 Å². The minimum absolute atomic E-state index is 0.148. The molecule has 0 aliphatic carbocycles. The molecule has 2 rings (SSSR count). The van der Waals surface area contributed by atoms with Crippen LogP contribution in [0.1, 0.15) is 12.0 Å². The molecule has 1 unspecified atom stereocenters. The molecule has 0 N–H and O–H groups in total. The zero-order valence-electron chi connectivity index (χ0n) is 8.97. The first-order valence-electron chi connectivity index (χ1n) is 5.11. The van der Waals surface area contributed by atoms with Gasteiger partial charge in [-0.3, -0.25) is 4.79 Å². The second kappa shape index (κ2) is 4.53. The van der Waals surface area contributed by atoms with Crippen LogP contribution in [0.4, 0.5) is 23.2 Å². The van der Waals surface area contributed by atoms with Gasteiger partial charge < -0.3 is 4.90 Å². The van der Waals surface area contributed by atoms with Crippen LogP contribution < -0.4 is 4.90 Å². The molecule has 1 aliphatic heterocycles. The van der Waals surface area contributed by atoms with Crippen molar-refractivity contribution >= 4 is 27.5 Å². The van der Waals surface area contributed by atoms with Gasteiger partial charge in [-0.15, -0.1) is 0 Å². The molecular weight excluding hydrogens is 318 g/mol. The van der Waals surface area contributed by atoms with Gasteiger partial charge in [0.2, 0.25) is 5.91 Å². The highest BCUT2D eigenvalue weighted by Crippen LogP contribution is 2.36. The standard InChI is InChI=1S/C11H8BrF4NO/c12-6-4-9(18)17(5-6)8-3-1-2-7(10(8)13)11(14,15)16/h1-3,6H,4-5H2. The Morgan fingerprint density at radius 1 is 1.33 bits per heavy atom. The van der Waals surface area contributed by atoms with Gasteiger partial charge in [-0.25, -0.2) is 4.39 Å². The van der Waals surface area contributed by atoms with Gasteiger partial charge in [0.25, 0.3) is 0 Å². The topological polar surface area (TPSA) is 20.3 Å². The molecule has 1 aromatic carbocycles. The molecule has 98 valence electrons. The normalized spacial score (nSPS) is 20.6. The Hall–Kier alpha value is -1.11. The van der Waals surface area contributed by atoms with E-state index < -0.39 is 23.5 Å². The zero-order valence-corrected chi connectivity index (χ0v) is 10.6. The van der Waals surface area contributed by atoms with E-state index in [0.717, 1.165) is 11.0 Å². The number of rotatable bonds is 1. The first-order valence-corrected chi connectivity index (χ1v) is 6.02. The Morgan fingerprint density at radius 3 is 2.50 bits per heavy atom. The minimum Gasteiger partial charge on any atom is -0.308 e. The second-order valence-electron chi connectivity index (χ2n) is 3.94. The average Bonchev–Trinajstić information content (AvgIpc) is 2.56. The van der Waals surface area contributed by atoms with Crippen LogP contribution in [0.3, 0.4) is 0 Å². The summed E-state index contributed by atoms with van der Waals surface area (Å²) in [6, 6.07) is 2.93. The number of carbonyl (C=O) groups is 1. The summed E-state index contributed by atoms with van der Waals surface area (Å²) in [5.74, 6) is -1.80. The van der Waals surface area contributed by atoms with Crippen molar-refractivity contribution in [1.29, 1.82) is 0 Å². The Kier molecular flexibility index (Phi) is 3.35. The number of halogens is 5. The van der Waals surface area contributed by atoms with Crippen molar-refractivity contribution in [2.45, 2.75) is 17.4 Å². The number of carbonyl (C=O) groups excluding carboxylic acids is 1. The smallest absolute Gasteiger partial charge is 0.308 e. The zero-order chi connectivity index (χ0) is 13.5. The van der Waals surface area contributed by atoms with Crippen molar-refractivity contribution in [2.24, 2.45) is 0 Å². The number of amides is 1. The van der Waals surface area contributed by atoms with Gasteiger partial charge in [-0.05, 0) is 12.1 Å². The lowest BCUT2D eigenvalue weighted by Crippen LogP contribution is -2.26. The molecule has 0 radical (unpaired) electrons. The number of anilines is 1. The van der Waals surface area contributed by atoms with Gasteiger partial charge in [-0.1, -0.05) is 22.0 Å². The van der Waals surface area contributed by atoms with E-state index in [9.17, 15) is 22.4 Å². The largest absolute Gasteiger partial charge is 0.419 e. The number of alkyl halides is 4. The first kappa shape index (κ1) is 13.3. The summed E-state index contributed by atoms with van der Waals surface area (Å²) in [5, 5.41) is 0. The monoisotopic (exact) mass is 325 g/mol. The molecule has 0 bridgehead atoms. The third-order valence-corrected chi connectivity index (χ3v) is 3.27. The molecule has 1 heterocycles. The van der Waals surface area contributed by atoms with Crippen LogP contribution >= 0.6 is 15.9 Å². The van der Waals surface area contributed by atoms with E-state index in [1.165, 1.54) is 6.07 Å². The van der Waals surface area contributed by atoms with E-state index in [2.05, 4.69) is 15.9 Å². The fourth-order valence-electron chi connectivity index (χ4n) is 1.84. The summed E-state index contributed by atoms with van der Waals surface area (Å²) in [6.07, 6.45) is -4.62. The van der Waals surface area contributed by atoms with E-state index in [0.29, 0.717) is 6.07 Å². The van der Waals surface area contributed by atoms with Crippen LogP contribution in [0.15, 0.2) is 18.2 Å². The van der Waals surface area contributed by atoms with Crippen molar-refractivity contribution in [3.8, 4) is 0 Å². The summed E-state index contributed by atoms with van der Waals surface area (Å²) >= 11 is 3.19. The summed E-state index contributed by atoms with van der Waals surface area (Å²) < 4.78 is 51.4. The van der Waals surface area contributed by atoms with Crippen molar-refractivity contribution in [2.75, 3.05) is 11.4 Å². The predicted molar refractivity (Wildman–Crippen MR) is 61.1 cm³/mol. The number of benzene rings is 1. The molecule has 1 aromatic rings. The number of nitrogens with zero attached hydrogens (tertiary/aromatic N) is 1. The van der Waals surface area contributed by atoms with E-state index in [4.69, 9.17) is 0 Å². The Morgan fingerprint density at radius 2 is 2.00 bits per heavy atom. The van der Waals surface area contributed by atoms with Crippen molar-refractivity contribution in [3.63, 3.8) is 0 Å². The van der Waals surface area contributed by atoms with Crippen LogP contribution in [0.5, 0.6) is 0 Å². The fraction of sp³-hybridized carbons (Fsp3) is 0.364. The van der Waals surface area contributed by atoms with Crippen molar-refractivity contribution in [1.82, 2.24) is 0 Å². The first-order chi connectivity index (χ1) is 8.30. The van der Waals surface area contributed by atoms with Crippen LogP contribution in [0.2, 0.25) is 0 Å². The SMILES string of the molecule is O=C1CC(Br)CN1c1cccc(C(F)(F)F)c1F. The molecule has 0 aromatic heterocycles. The fourth-order valence-corrected chi connectivity index (χ4v) is 2.41. The van der Waals surface area contributed by atoms with E-state index >= 15 is 0 Å². The third-order valence-electron chi connectivity index (χ3n) is 2.65. The van der Waals surface area contributed by atoms with Gasteiger partial charge >= 0.3 is 6.18 Å². The molecule has 1 amide bonds. The number of hydrogen-bond acceptors (Lipinski definition) is 1. The lowest BCUT2D eigenvalue weighted by Gasteiger charge is -2.19. The van der Waals surface area contributed by atoms with Gasteiger partial charge in [-0.2, -0.15) is 13.2 Å². The minimum atomic E-state index is -4.77. The van der Waals surface area contributed by atoms with E-state index in [1.807, 2.05) is 0 Å². The number of hydrogen-bond donors (Lipinski definition) is 0.